The normalized spacial score (nSPS) is 19.2. The smallest absolute Gasteiger partial charge is 0.274 e. The summed E-state index contributed by atoms with van der Waals surface area (Å²) in [6, 6.07) is 0. The highest BCUT2D eigenvalue weighted by atomic mass is 31.2. The van der Waals surface area contributed by atoms with Crippen molar-refractivity contribution in [1.82, 2.24) is 4.86 Å². The Balaban J connectivity index is 3.80. The molecule has 7 heteroatoms. The Morgan fingerprint density at radius 2 is 2.18 bits per heavy atom. The van der Waals surface area contributed by atoms with E-state index in [-0.39, 0.29) is 6.16 Å². The van der Waals surface area contributed by atoms with Gasteiger partial charge in [-0.3, -0.25) is 9.13 Å². The standard InChI is InChI=1S/C4H13NO4P2/c1-2-3-4-11(8,9)5-10(6)7/h10H,2-4H2,1H3,(H3,5,6,7,8,9). The highest BCUT2D eigenvalue weighted by Gasteiger charge is 2.17. The van der Waals surface area contributed by atoms with E-state index in [9.17, 15) is 9.13 Å². The summed E-state index contributed by atoms with van der Waals surface area (Å²) < 4.78 is 21.0. The van der Waals surface area contributed by atoms with Gasteiger partial charge in [0, 0.05) is 6.16 Å². The average Bonchev–Trinajstić information content (AvgIpc) is 1.81. The molecule has 0 radical (unpaired) electrons. The molecule has 0 aromatic heterocycles. The van der Waals surface area contributed by atoms with Gasteiger partial charge in [-0.25, -0.2) is 0 Å². The molecule has 0 saturated heterocycles. The summed E-state index contributed by atoms with van der Waals surface area (Å²) in [4.78, 5) is 19.0. The minimum absolute atomic E-state index is 0.0560. The molecular weight excluding hydrogens is 188 g/mol. The molecule has 0 bridgehead atoms. The second-order valence-electron chi connectivity index (χ2n) is 2.20. The van der Waals surface area contributed by atoms with Crippen LogP contribution in [0.15, 0.2) is 0 Å². The minimum Gasteiger partial charge on any atom is -0.335 e. The molecule has 0 saturated carbocycles. The first-order chi connectivity index (χ1) is 4.98. The number of rotatable bonds is 5. The van der Waals surface area contributed by atoms with Crippen LogP contribution in [0, 0.1) is 0 Å². The van der Waals surface area contributed by atoms with Crippen molar-refractivity contribution >= 4 is 15.7 Å². The molecule has 5 nitrogen and oxygen atoms in total. The Morgan fingerprint density at radius 1 is 1.64 bits per heavy atom. The van der Waals surface area contributed by atoms with Crippen LogP contribution >= 0.6 is 15.7 Å². The van der Waals surface area contributed by atoms with E-state index in [0.717, 1.165) is 6.42 Å². The van der Waals surface area contributed by atoms with Crippen LogP contribution in [0.1, 0.15) is 19.8 Å². The molecule has 0 aliphatic rings. The number of unbranched alkanes of at least 4 members (excludes halogenated alkanes) is 1. The first kappa shape index (κ1) is 11.3. The molecule has 0 aromatic rings. The van der Waals surface area contributed by atoms with Crippen molar-refractivity contribution in [2.24, 2.45) is 0 Å². The molecule has 0 fully saturated rings. The fourth-order valence-corrected chi connectivity index (χ4v) is 2.97. The average molecular weight is 201 g/mol. The van der Waals surface area contributed by atoms with Gasteiger partial charge in [-0.2, -0.15) is 4.86 Å². The van der Waals surface area contributed by atoms with Crippen molar-refractivity contribution in [2.45, 2.75) is 19.8 Å². The molecule has 0 aromatic carbocycles. The van der Waals surface area contributed by atoms with Crippen LogP contribution in [0.3, 0.4) is 0 Å². The zero-order chi connectivity index (χ0) is 8.91. The molecule has 2 unspecified atom stereocenters. The zero-order valence-corrected chi connectivity index (χ0v) is 8.17. The third kappa shape index (κ3) is 6.73. The van der Waals surface area contributed by atoms with E-state index in [0.29, 0.717) is 6.42 Å². The monoisotopic (exact) mass is 201 g/mol. The Bertz CT molecular complexity index is 183. The fraction of sp³-hybridized carbons (Fsp3) is 1.00. The lowest BCUT2D eigenvalue weighted by Gasteiger charge is -2.08. The molecule has 3 N–H and O–H groups in total. The van der Waals surface area contributed by atoms with Crippen LogP contribution in [0.5, 0.6) is 0 Å². The van der Waals surface area contributed by atoms with Crippen LogP contribution in [0.4, 0.5) is 0 Å². The lowest BCUT2D eigenvalue weighted by atomic mass is 10.4. The quantitative estimate of drug-likeness (QED) is 0.576. The Hall–Kier alpha value is 0.340. The van der Waals surface area contributed by atoms with Crippen molar-refractivity contribution < 1.29 is 18.9 Å². The van der Waals surface area contributed by atoms with Gasteiger partial charge in [-0.05, 0) is 6.42 Å². The van der Waals surface area contributed by atoms with Gasteiger partial charge >= 0.3 is 0 Å². The summed E-state index contributed by atoms with van der Waals surface area (Å²) in [5, 5.41) is 0. The number of hydrogen-bond acceptors (Lipinski definition) is 2. The predicted octanol–water partition coefficient (Wildman–Crippen LogP) is 0.943. The third-order valence-electron chi connectivity index (χ3n) is 1.09. The zero-order valence-electron chi connectivity index (χ0n) is 6.28. The van der Waals surface area contributed by atoms with E-state index >= 15 is 0 Å². The summed E-state index contributed by atoms with van der Waals surface area (Å²) in [5.74, 6) is 0. The topological polar surface area (TPSA) is 86.6 Å². The maximum absolute atomic E-state index is 10.9. The van der Waals surface area contributed by atoms with Crippen LogP contribution in [-0.2, 0) is 9.13 Å². The van der Waals surface area contributed by atoms with E-state index in [1.165, 1.54) is 0 Å². The lowest BCUT2D eigenvalue weighted by molar-refractivity contribution is 0.460. The predicted molar refractivity (Wildman–Crippen MR) is 44.0 cm³/mol. The van der Waals surface area contributed by atoms with Gasteiger partial charge in [-0.1, -0.05) is 13.3 Å². The van der Waals surface area contributed by atoms with Gasteiger partial charge in [0.05, 0.1) is 0 Å². The molecule has 2 atom stereocenters. The first-order valence-corrected chi connectivity index (χ1v) is 6.51. The molecule has 68 valence electrons. The SMILES string of the molecule is CCCCP(=O)(O)N[PH](=O)O. The van der Waals surface area contributed by atoms with Crippen LogP contribution < -0.4 is 4.86 Å². The summed E-state index contributed by atoms with van der Waals surface area (Å²) in [6.07, 6.45) is 1.43. The van der Waals surface area contributed by atoms with Crippen molar-refractivity contribution in [3.05, 3.63) is 0 Å². The summed E-state index contributed by atoms with van der Waals surface area (Å²) in [7, 11) is -6.57. The number of hydrogen-bond donors (Lipinski definition) is 3. The molecule has 11 heavy (non-hydrogen) atoms. The molecule has 0 rings (SSSR count). The van der Waals surface area contributed by atoms with Crippen molar-refractivity contribution in [3.63, 3.8) is 0 Å². The molecule has 0 amide bonds. The highest BCUT2D eigenvalue weighted by Crippen LogP contribution is 2.41. The second kappa shape index (κ2) is 5.07. The van der Waals surface area contributed by atoms with Crippen molar-refractivity contribution in [2.75, 3.05) is 6.16 Å². The molecule has 0 spiro atoms. The van der Waals surface area contributed by atoms with E-state index < -0.39 is 15.7 Å². The Morgan fingerprint density at radius 3 is 2.55 bits per heavy atom. The third-order valence-corrected chi connectivity index (χ3v) is 4.17. The van der Waals surface area contributed by atoms with E-state index in [2.05, 4.69) is 0 Å². The van der Waals surface area contributed by atoms with Crippen LogP contribution in [0.2, 0.25) is 0 Å². The van der Waals surface area contributed by atoms with E-state index in [1.54, 1.807) is 4.86 Å². The van der Waals surface area contributed by atoms with E-state index in [1.807, 2.05) is 6.92 Å². The Kier molecular flexibility index (Phi) is 5.23. The summed E-state index contributed by atoms with van der Waals surface area (Å²) in [6.45, 7) is 1.88. The minimum atomic E-state index is -3.53. The Labute approximate surface area is 66.3 Å². The van der Waals surface area contributed by atoms with Gasteiger partial charge in [0.1, 0.15) is 0 Å². The highest BCUT2D eigenvalue weighted by molar-refractivity contribution is 7.64. The maximum atomic E-state index is 10.9. The van der Waals surface area contributed by atoms with Gasteiger partial charge in [0.25, 0.3) is 15.7 Å². The molecule has 0 aliphatic heterocycles. The van der Waals surface area contributed by atoms with Gasteiger partial charge in [0.15, 0.2) is 0 Å². The van der Waals surface area contributed by atoms with Crippen LogP contribution in [-0.4, -0.2) is 15.9 Å². The summed E-state index contributed by atoms with van der Waals surface area (Å²) in [5.41, 5.74) is 0. The van der Waals surface area contributed by atoms with Gasteiger partial charge in [0.2, 0.25) is 0 Å². The largest absolute Gasteiger partial charge is 0.335 e. The van der Waals surface area contributed by atoms with E-state index in [4.69, 9.17) is 9.79 Å². The fourth-order valence-electron chi connectivity index (χ4n) is 0.578. The van der Waals surface area contributed by atoms with Crippen molar-refractivity contribution in [3.8, 4) is 0 Å². The number of nitrogens with one attached hydrogen (secondary N) is 1. The van der Waals surface area contributed by atoms with Gasteiger partial charge < -0.3 is 9.79 Å². The maximum Gasteiger partial charge on any atom is 0.274 e. The molecular formula is C4H13NO4P2. The van der Waals surface area contributed by atoms with Crippen molar-refractivity contribution in [1.29, 1.82) is 0 Å². The van der Waals surface area contributed by atoms with Crippen LogP contribution in [0.25, 0.3) is 0 Å². The molecule has 0 heterocycles. The molecule has 0 aliphatic carbocycles. The first-order valence-electron chi connectivity index (χ1n) is 3.31. The second-order valence-corrected chi connectivity index (χ2v) is 5.55. The lowest BCUT2D eigenvalue weighted by Crippen LogP contribution is -2.02. The van der Waals surface area contributed by atoms with Gasteiger partial charge in [-0.15, -0.1) is 0 Å². The summed E-state index contributed by atoms with van der Waals surface area (Å²) >= 11 is 0.